The Morgan fingerprint density at radius 1 is 1.08 bits per heavy atom. The molecule has 2 bridgehead atoms. The number of nitrogens with zero attached hydrogens (tertiary/aromatic N) is 3. The van der Waals surface area contributed by atoms with E-state index < -0.39 is 17.4 Å². The predicted molar refractivity (Wildman–Crippen MR) is 195 cm³/mol. The number of hydrogen-bond donors (Lipinski definition) is 2. The molecule has 12 atom stereocenters. The number of carboxylic acids is 1. The van der Waals surface area contributed by atoms with Crippen LogP contribution in [0, 0.1) is 62.6 Å². The highest BCUT2D eigenvalue weighted by molar-refractivity contribution is 9.11. The van der Waals surface area contributed by atoms with E-state index in [0.29, 0.717) is 53.0 Å². The van der Waals surface area contributed by atoms with Gasteiger partial charge in [0.15, 0.2) is 0 Å². The molecule has 2 heterocycles. The first-order valence-electron chi connectivity index (χ1n) is 18.4. The lowest BCUT2D eigenvalue weighted by atomic mass is 9.34. The van der Waals surface area contributed by atoms with E-state index in [1.165, 1.54) is 5.57 Å². The van der Waals surface area contributed by atoms with Gasteiger partial charge in [-0.1, -0.05) is 74.0 Å². The molecule has 0 spiro atoms. The molecule has 1 aliphatic heterocycles. The molecule has 5 aliphatic rings. The summed E-state index contributed by atoms with van der Waals surface area (Å²) >= 11 is 7.47. The standard InChI is InChI=1S/C38H60Br2N4O4/c1-21(2)23(5)33(6)15-16-35(8)24-11-12-27-34(7)18-47-20-38(27,25(24)13-14-36(35,9)28(33)30(45)46)17-26(44-31(39)42-43-32(44)40)29(34)48-19-37(10,41)22(3)4/h13,21-24,26-29H,11-12,14-20,41H2,1-10H3,(H,45,46)/t23-,24+,26-,27+,28-,29+,33-,34-,35-,36+,37+,38+/m1/s1. The smallest absolute Gasteiger partial charge is 0.307 e. The highest BCUT2D eigenvalue weighted by atomic mass is 79.9. The average molecular weight is 797 g/mol. The van der Waals surface area contributed by atoms with Crippen LogP contribution in [0.4, 0.5) is 0 Å². The van der Waals surface area contributed by atoms with Crippen LogP contribution in [-0.2, 0) is 14.3 Å². The Bertz CT molecular complexity index is 1440. The molecule has 48 heavy (non-hydrogen) atoms. The summed E-state index contributed by atoms with van der Waals surface area (Å²) in [6.07, 6.45) is 8.11. The Morgan fingerprint density at radius 3 is 2.31 bits per heavy atom. The maximum Gasteiger partial charge on any atom is 0.307 e. The summed E-state index contributed by atoms with van der Waals surface area (Å²) in [5.74, 6) is 0.648. The number of aromatic nitrogens is 3. The molecule has 10 heteroatoms. The molecule has 1 aromatic rings. The van der Waals surface area contributed by atoms with Crippen molar-refractivity contribution in [1.82, 2.24) is 14.8 Å². The van der Waals surface area contributed by atoms with Crippen molar-refractivity contribution < 1.29 is 19.4 Å². The topological polar surface area (TPSA) is 112 Å². The minimum absolute atomic E-state index is 0.0501. The predicted octanol–water partition coefficient (Wildman–Crippen LogP) is 8.69. The largest absolute Gasteiger partial charge is 0.481 e. The number of rotatable bonds is 8. The van der Waals surface area contributed by atoms with Crippen LogP contribution in [0.2, 0.25) is 0 Å². The van der Waals surface area contributed by atoms with Crippen molar-refractivity contribution in [3.8, 4) is 0 Å². The normalized spacial score (nSPS) is 44.3. The van der Waals surface area contributed by atoms with Crippen LogP contribution in [0.3, 0.4) is 0 Å². The second kappa shape index (κ2) is 12.1. The van der Waals surface area contributed by atoms with Crippen molar-refractivity contribution in [2.45, 2.75) is 125 Å². The molecular weight excluding hydrogens is 736 g/mol. The number of allylic oxidation sites excluding steroid dienone is 1. The van der Waals surface area contributed by atoms with E-state index in [1.54, 1.807) is 0 Å². The molecule has 1 aromatic heterocycles. The second-order valence-corrected chi connectivity index (χ2v) is 20.0. The molecule has 6 rings (SSSR count). The van der Waals surface area contributed by atoms with E-state index in [1.807, 2.05) is 0 Å². The quantitative estimate of drug-likeness (QED) is 0.253. The van der Waals surface area contributed by atoms with E-state index in [-0.39, 0.29) is 45.1 Å². The molecule has 0 unspecified atom stereocenters. The van der Waals surface area contributed by atoms with Crippen molar-refractivity contribution in [2.24, 2.45) is 68.3 Å². The third-order valence-electron chi connectivity index (χ3n) is 15.9. The SMILES string of the molecule is CC(C)[C@@H](C)[C@@]1(C)CC[C@]2(C)[C@H]3CC[C@@H]4[C@@]5(COC[C@@]4(C)[C@@H](OC[C@](C)(N)C(C)C)[C@H](n4c(Br)nnc4Br)C5)C3=CC[C@@]2(C)[C@@H]1C(=O)O. The van der Waals surface area contributed by atoms with Crippen molar-refractivity contribution in [2.75, 3.05) is 19.8 Å². The first-order valence-corrected chi connectivity index (χ1v) is 20.0. The molecule has 3 N–H and O–H groups in total. The van der Waals surface area contributed by atoms with Crippen LogP contribution in [0.1, 0.15) is 114 Å². The molecule has 0 amide bonds. The zero-order valence-electron chi connectivity index (χ0n) is 30.9. The van der Waals surface area contributed by atoms with Gasteiger partial charge in [0, 0.05) is 16.4 Å². The lowest BCUT2D eigenvalue weighted by Gasteiger charge is -2.71. The van der Waals surface area contributed by atoms with Gasteiger partial charge in [-0.05, 0) is 123 Å². The zero-order chi connectivity index (χ0) is 35.4. The summed E-state index contributed by atoms with van der Waals surface area (Å²) in [6, 6.07) is -0.0501. The molecular formula is C38H60Br2N4O4. The number of ether oxygens (including phenoxy) is 2. The Morgan fingerprint density at radius 2 is 1.73 bits per heavy atom. The summed E-state index contributed by atoms with van der Waals surface area (Å²) in [6.45, 7) is 24.4. The third-order valence-corrected chi connectivity index (χ3v) is 17.0. The number of carbonyl (C=O) groups is 1. The van der Waals surface area contributed by atoms with Gasteiger partial charge in [0.1, 0.15) is 0 Å². The highest BCUT2D eigenvalue weighted by Crippen LogP contribution is 2.75. The Labute approximate surface area is 305 Å². The lowest BCUT2D eigenvalue weighted by Crippen LogP contribution is -2.69. The van der Waals surface area contributed by atoms with Gasteiger partial charge in [0.05, 0.1) is 37.9 Å². The molecule has 0 radical (unpaired) electrons. The van der Waals surface area contributed by atoms with Gasteiger partial charge in [0.2, 0.25) is 9.47 Å². The summed E-state index contributed by atoms with van der Waals surface area (Å²) in [5.41, 5.74) is 6.64. The third kappa shape index (κ3) is 5.05. The number of halogens is 2. The van der Waals surface area contributed by atoms with E-state index in [4.69, 9.17) is 15.2 Å². The average Bonchev–Trinajstić information content (AvgIpc) is 3.33. The van der Waals surface area contributed by atoms with E-state index in [2.05, 4.69) is 122 Å². The van der Waals surface area contributed by atoms with Gasteiger partial charge >= 0.3 is 5.97 Å². The second-order valence-electron chi connectivity index (χ2n) is 18.6. The van der Waals surface area contributed by atoms with Crippen LogP contribution in [0.5, 0.6) is 0 Å². The fourth-order valence-corrected chi connectivity index (χ4v) is 13.4. The van der Waals surface area contributed by atoms with E-state index >= 15 is 0 Å². The summed E-state index contributed by atoms with van der Waals surface area (Å²) in [4.78, 5) is 13.5. The Balaban J connectivity index is 1.47. The molecule has 3 saturated carbocycles. The highest BCUT2D eigenvalue weighted by Gasteiger charge is 2.72. The maximum absolute atomic E-state index is 13.5. The van der Waals surface area contributed by atoms with Crippen LogP contribution in [0.25, 0.3) is 0 Å². The fraction of sp³-hybridized carbons (Fsp3) is 0.868. The first kappa shape index (κ1) is 37.0. The van der Waals surface area contributed by atoms with Gasteiger partial charge in [-0.15, -0.1) is 10.2 Å². The van der Waals surface area contributed by atoms with E-state index in [0.717, 1.165) is 38.5 Å². The number of fused-ring (bicyclic) bond motifs is 3. The molecule has 8 nitrogen and oxygen atoms in total. The Kier molecular flexibility index (Phi) is 9.34. The minimum atomic E-state index is -0.621. The van der Waals surface area contributed by atoms with Crippen molar-refractivity contribution in [3.63, 3.8) is 0 Å². The van der Waals surface area contributed by atoms with Crippen LogP contribution in [0.15, 0.2) is 21.1 Å². The van der Waals surface area contributed by atoms with E-state index in [9.17, 15) is 9.90 Å². The monoisotopic (exact) mass is 794 g/mol. The molecule has 0 aromatic carbocycles. The zero-order valence-corrected chi connectivity index (χ0v) is 34.1. The molecule has 4 fully saturated rings. The summed E-state index contributed by atoms with van der Waals surface area (Å²) < 4.78 is 17.3. The molecule has 270 valence electrons. The summed E-state index contributed by atoms with van der Waals surface area (Å²) in [7, 11) is 0. The summed E-state index contributed by atoms with van der Waals surface area (Å²) in [5, 5.41) is 19.9. The molecule has 4 aliphatic carbocycles. The minimum Gasteiger partial charge on any atom is -0.481 e. The number of aliphatic carboxylic acids is 1. The van der Waals surface area contributed by atoms with Crippen molar-refractivity contribution in [3.05, 3.63) is 21.1 Å². The Hall–Kier alpha value is -0.810. The van der Waals surface area contributed by atoms with Gasteiger partial charge < -0.3 is 20.3 Å². The number of hydrogen-bond acceptors (Lipinski definition) is 6. The van der Waals surface area contributed by atoms with Gasteiger partial charge in [-0.2, -0.15) is 0 Å². The van der Waals surface area contributed by atoms with Crippen LogP contribution in [-0.4, -0.2) is 57.3 Å². The lowest BCUT2D eigenvalue weighted by molar-refractivity contribution is -0.252. The van der Waals surface area contributed by atoms with Crippen LogP contribution >= 0.6 is 31.9 Å². The number of carboxylic acid groups (broad SMARTS) is 1. The fourth-order valence-electron chi connectivity index (χ4n) is 12.1. The van der Waals surface area contributed by atoms with Crippen molar-refractivity contribution in [1.29, 1.82) is 0 Å². The first-order chi connectivity index (χ1) is 22.2. The van der Waals surface area contributed by atoms with Gasteiger partial charge in [0.25, 0.3) is 0 Å². The van der Waals surface area contributed by atoms with Crippen LogP contribution < -0.4 is 5.73 Å². The number of nitrogens with two attached hydrogens (primary N) is 1. The maximum atomic E-state index is 13.5. The van der Waals surface area contributed by atoms with Crippen molar-refractivity contribution >= 4 is 37.8 Å². The van der Waals surface area contributed by atoms with Gasteiger partial charge in [-0.3, -0.25) is 9.36 Å². The van der Waals surface area contributed by atoms with Gasteiger partial charge in [-0.25, -0.2) is 0 Å². The molecule has 1 saturated heterocycles.